The van der Waals surface area contributed by atoms with Crippen molar-refractivity contribution in [1.29, 1.82) is 0 Å². The Morgan fingerprint density at radius 2 is 1.88 bits per heavy atom. The molecule has 0 spiro atoms. The minimum absolute atomic E-state index is 0.0138. The van der Waals surface area contributed by atoms with Crippen molar-refractivity contribution >= 4 is 11.6 Å². The maximum Gasteiger partial charge on any atom is 0.133 e. The van der Waals surface area contributed by atoms with Crippen LogP contribution in [0.5, 0.6) is 0 Å². The summed E-state index contributed by atoms with van der Waals surface area (Å²) in [6, 6.07) is 0. The quantitative estimate of drug-likeness (QED) is 0.795. The van der Waals surface area contributed by atoms with Gasteiger partial charge < -0.3 is 5.11 Å². The van der Waals surface area contributed by atoms with Gasteiger partial charge in [0.1, 0.15) is 11.6 Å². The van der Waals surface area contributed by atoms with Crippen molar-refractivity contribution in [3.63, 3.8) is 0 Å². The third kappa shape index (κ3) is 2.12. The van der Waals surface area contributed by atoms with Gasteiger partial charge in [0.2, 0.25) is 0 Å². The van der Waals surface area contributed by atoms with Crippen LogP contribution < -0.4 is 0 Å². The first kappa shape index (κ1) is 16.8. The summed E-state index contributed by atoms with van der Waals surface area (Å²) in [4.78, 5) is 24.1. The fraction of sp³-hybridized carbons (Fsp3) is 0.905. The molecule has 134 valence electrons. The molecule has 1 N–H and O–H groups in total. The van der Waals surface area contributed by atoms with Crippen LogP contribution in [0.25, 0.3) is 0 Å². The lowest BCUT2D eigenvalue weighted by Gasteiger charge is -2.61. The monoisotopic (exact) mass is 332 g/mol. The largest absolute Gasteiger partial charge is 0.393 e. The van der Waals surface area contributed by atoms with Crippen molar-refractivity contribution in [2.45, 2.75) is 78.2 Å². The molecule has 0 aromatic heterocycles. The standard InChI is InChI=1S/C21H32O3/c1-12(22)16-6-7-17-15-5-4-13-10-14(23)8-9-20(13,2)19(15)18(24)11-21(16,17)3/h13,15-19,24H,4-11H2,1-3H3/t13-,15?,16?,17?,18?,19?,20+,21-/m1/s1. The van der Waals surface area contributed by atoms with E-state index in [1.54, 1.807) is 6.92 Å². The topological polar surface area (TPSA) is 54.4 Å². The molecule has 4 rings (SSSR count). The Labute approximate surface area is 145 Å². The fourth-order valence-electron chi connectivity index (χ4n) is 7.84. The number of hydrogen-bond donors (Lipinski definition) is 1. The van der Waals surface area contributed by atoms with E-state index in [0.717, 1.165) is 44.9 Å². The molecule has 3 heteroatoms. The highest BCUT2D eigenvalue weighted by Crippen LogP contribution is 2.67. The summed E-state index contributed by atoms with van der Waals surface area (Å²) in [6.07, 6.45) is 7.27. The van der Waals surface area contributed by atoms with Gasteiger partial charge in [-0.3, -0.25) is 9.59 Å². The Morgan fingerprint density at radius 1 is 1.12 bits per heavy atom. The van der Waals surface area contributed by atoms with E-state index >= 15 is 0 Å². The van der Waals surface area contributed by atoms with Crippen LogP contribution in [0, 0.1) is 40.4 Å². The zero-order valence-electron chi connectivity index (χ0n) is 15.4. The van der Waals surface area contributed by atoms with Gasteiger partial charge in [-0.15, -0.1) is 0 Å². The number of hydrogen-bond acceptors (Lipinski definition) is 3. The molecule has 4 fully saturated rings. The van der Waals surface area contributed by atoms with Crippen molar-refractivity contribution in [2.24, 2.45) is 40.4 Å². The molecule has 4 aliphatic carbocycles. The SMILES string of the molecule is CC(=O)C1CCC2C3CC[C@@H]4CC(=O)CC[C@]4(C)C3C(O)C[C@]12C. The van der Waals surface area contributed by atoms with E-state index < -0.39 is 0 Å². The molecule has 0 radical (unpaired) electrons. The van der Waals surface area contributed by atoms with Crippen LogP contribution in [0.1, 0.15) is 72.1 Å². The Bertz CT molecular complexity index is 569. The Morgan fingerprint density at radius 3 is 2.58 bits per heavy atom. The van der Waals surface area contributed by atoms with Crippen LogP contribution in [-0.4, -0.2) is 22.8 Å². The van der Waals surface area contributed by atoms with E-state index in [4.69, 9.17) is 0 Å². The third-order valence-electron chi connectivity index (χ3n) is 8.90. The molecule has 0 aromatic rings. The minimum Gasteiger partial charge on any atom is -0.393 e. The molecular weight excluding hydrogens is 300 g/mol. The smallest absolute Gasteiger partial charge is 0.133 e. The second-order valence-electron chi connectivity index (χ2n) is 9.84. The van der Waals surface area contributed by atoms with Gasteiger partial charge in [0.15, 0.2) is 0 Å². The number of fused-ring (bicyclic) bond motifs is 5. The predicted molar refractivity (Wildman–Crippen MR) is 92.3 cm³/mol. The van der Waals surface area contributed by atoms with Gasteiger partial charge in [-0.25, -0.2) is 0 Å². The number of carbonyl (C=O) groups is 2. The van der Waals surface area contributed by atoms with Crippen molar-refractivity contribution in [3.8, 4) is 0 Å². The molecular formula is C21H32O3. The molecule has 4 aliphatic rings. The van der Waals surface area contributed by atoms with E-state index in [-0.39, 0.29) is 22.9 Å². The van der Waals surface area contributed by atoms with Gasteiger partial charge in [0.25, 0.3) is 0 Å². The second-order valence-corrected chi connectivity index (χ2v) is 9.84. The first-order valence-electron chi connectivity index (χ1n) is 9.97. The van der Waals surface area contributed by atoms with Gasteiger partial charge in [-0.05, 0) is 80.0 Å². The first-order valence-corrected chi connectivity index (χ1v) is 9.97. The number of carbonyl (C=O) groups excluding carboxylic acids is 2. The second kappa shape index (κ2) is 5.40. The first-order chi connectivity index (χ1) is 11.3. The Hall–Kier alpha value is -0.700. The summed E-state index contributed by atoms with van der Waals surface area (Å²) in [5.41, 5.74) is 0.103. The maximum absolute atomic E-state index is 12.2. The minimum atomic E-state index is -0.308. The number of Topliss-reactive ketones (excluding diaryl/α,β-unsaturated/α-hetero) is 2. The number of aliphatic hydroxyl groups excluding tert-OH is 1. The molecule has 0 aliphatic heterocycles. The Balaban J connectivity index is 1.68. The summed E-state index contributed by atoms with van der Waals surface area (Å²) < 4.78 is 0. The van der Waals surface area contributed by atoms with Crippen molar-refractivity contribution in [1.82, 2.24) is 0 Å². The van der Waals surface area contributed by atoms with Crippen molar-refractivity contribution in [3.05, 3.63) is 0 Å². The highest BCUT2D eigenvalue weighted by molar-refractivity contribution is 5.80. The Kier molecular flexibility index (Phi) is 3.77. The highest BCUT2D eigenvalue weighted by Gasteiger charge is 2.63. The fourth-order valence-corrected chi connectivity index (χ4v) is 7.84. The van der Waals surface area contributed by atoms with Crippen LogP contribution in [0.2, 0.25) is 0 Å². The van der Waals surface area contributed by atoms with Crippen LogP contribution in [0.4, 0.5) is 0 Å². The normalized spacial score (nSPS) is 53.9. The van der Waals surface area contributed by atoms with Crippen LogP contribution in [-0.2, 0) is 9.59 Å². The molecule has 8 atom stereocenters. The number of rotatable bonds is 1. The summed E-state index contributed by atoms with van der Waals surface area (Å²) in [5.74, 6) is 2.78. The predicted octanol–water partition coefficient (Wildman–Crippen LogP) is 3.77. The summed E-state index contributed by atoms with van der Waals surface area (Å²) in [6.45, 7) is 6.36. The number of aliphatic hydroxyl groups is 1. The molecule has 0 bridgehead atoms. The maximum atomic E-state index is 12.2. The average molecular weight is 332 g/mol. The zero-order chi connectivity index (χ0) is 17.3. The lowest BCUT2D eigenvalue weighted by Crippen LogP contribution is -2.59. The molecule has 4 saturated carbocycles. The molecule has 24 heavy (non-hydrogen) atoms. The average Bonchev–Trinajstić information content (AvgIpc) is 2.84. The van der Waals surface area contributed by atoms with Crippen molar-refractivity contribution < 1.29 is 14.7 Å². The van der Waals surface area contributed by atoms with E-state index in [1.165, 1.54) is 0 Å². The van der Waals surface area contributed by atoms with Gasteiger partial charge >= 0.3 is 0 Å². The lowest BCUT2D eigenvalue weighted by atomic mass is 9.44. The van der Waals surface area contributed by atoms with Gasteiger partial charge in [0.05, 0.1) is 6.10 Å². The van der Waals surface area contributed by atoms with E-state index in [0.29, 0.717) is 41.7 Å². The molecule has 5 unspecified atom stereocenters. The van der Waals surface area contributed by atoms with E-state index in [9.17, 15) is 14.7 Å². The lowest BCUT2D eigenvalue weighted by molar-refractivity contribution is -0.173. The van der Waals surface area contributed by atoms with E-state index in [1.807, 2.05) is 0 Å². The molecule has 0 saturated heterocycles. The van der Waals surface area contributed by atoms with Gasteiger partial charge in [-0.2, -0.15) is 0 Å². The van der Waals surface area contributed by atoms with Crippen LogP contribution in [0.15, 0.2) is 0 Å². The van der Waals surface area contributed by atoms with E-state index in [2.05, 4.69) is 13.8 Å². The summed E-state index contributed by atoms with van der Waals surface area (Å²) >= 11 is 0. The molecule has 3 nitrogen and oxygen atoms in total. The third-order valence-corrected chi connectivity index (χ3v) is 8.90. The van der Waals surface area contributed by atoms with Crippen LogP contribution >= 0.6 is 0 Å². The summed E-state index contributed by atoms with van der Waals surface area (Å²) in [5, 5.41) is 11.2. The zero-order valence-corrected chi connectivity index (χ0v) is 15.4. The number of ketones is 2. The molecule has 0 aromatic carbocycles. The summed E-state index contributed by atoms with van der Waals surface area (Å²) in [7, 11) is 0. The van der Waals surface area contributed by atoms with Crippen LogP contribution in [0.3, 0.4) is 0 Å². The molecule has 0 heterocycles. The van der Waals surface area contributed by atoms with Gasteiger partial charge in [-0.1, -0.05) is 13.8 Å². The highest BCUT2D eigenvalue weighted by atomic mass is 16.3. The molecule has 0 amide bonds. The van der Waals surface area contributed by atoms with Crippen molar-refractivity contribution in [2.75, 3.05) is 0 Å². The van der Waals surface area contributed by atoms with Gasteiger partial charge in [0, 0.05) is 18.8 Å².